The highest BCUT2D eigenvalue weighted by atomic mass is 32.2. The summed E-state index contributed by atoms with van der Waals surface area (Å²) in [6.45, 7) is 0.110. The number of rotatable bonds is 6. The molecule has 0 unspecified atom stereocenters. The van der Waals surface area contributed by atoms with Gasteiger partial charge in [0.15, 0.2) is 0 Å². The molecule has 0 saturated heterocycles. The summed E-state index contributed by atoms with van der Waals surface area (Å²) in [7, 11) is -3.35. The Morgan fingerprint density at radius 1 is 1.03 bits per heavy atom. The maximum Gasteiger partial charge on any atom is 0.266 e. The number of hydrogen-bond acceptors (Lipinski definition) is 5. The SMILES string of the molecule is CS(=O)(=O)NCc1cccc(-n2c(/C=C/c3ccc(C#N)cc3)nc3ccccc3c2=O)c1. The Labute approximate surface area is 191 Å². The van der Waals surface area contributed by atoms with Crippen molar-refractivity contribution in [3.8, 4) is 11.8 Å². The highest BCUT2D eigenvalue weighted by molar-refractivity contribution is 7.88. The number of nitriles is 1. The quantitative estimate of drug-likeness (QED) is 0.478. The number of aromatic nitrogens is 2. The average molecular weight is 457 g/mol. The van der Waals surface area contributed by atoms with Crippen LogP contribution in [0.1, 0.15) is 22.5 Å². The van der Waals surface area contributed by atoms with Crippen LogP contribution >= 0.6 is 0 Å². The molecule has 3 aromatic carbocycles. The molecule has 0 amide bonds. The highest BCUT2D eigenvalue weighted by Crippen LogP contribution is 2.17. The maximum absolute atomic E-state index is 13.4. The number of benzene rings is 3. The molecule has 0 aliphatic heterocycles. The van der Waals surface area contributed by atoms with Gasteiger partial charge < -0.3 is 0 Å². The topological polar surface area (TPSA) is 105 Å². The molecular formula is C25H20N4O3S. The van der Waals surface area contributed by atoms with E-state index in [4.69, 9.17) is 5.26 Å². The van der Waals surface area contributed by atoms with Crippen molar-refractivity contribution in [1.29, 1.82) is 5.26 Å². The molecule has 1 aromatic heterocycles. The first-order chi connectivity index (χ1) is 15.8. The van der Waals surface area contributed by atoms with Crippen LogP contribution in [0, 0.1) is 11.3 Å². The molecule has 0 atom stereocenters. The van der Waals surface area contributed by atoms with Crippen LogP contribution in [0.5, 0.6) is 0 Å². The van der Waals surface area contributed by atoms with Crippen LogP contribution < -0.4 is 10.3 Å². The molecule has 0 radical (unpaired) electrons. The van der Waals surface area contributed by atoms with E-state index in [0.717, 1.165) is 11.8 Å². The lowest BCUT2D eigenvalue weighted by atomic mass is 10.1. The third kappa shape index (κ3) is 5.23. The van der Waals surface area contributed by atoms with E-state index in [1.54, 1.807) is 60.7 Å². The van der Waals surface area contributed by atoms with Crippen LogP contribution in [0.4, 0.5) is 0 Å². The fourth-order valence-corrected chi connectivity index (χ4v) is 3.80. The van der Waals surface area contributed by atoms with E-state index in [1.165, 1.54) is 4.57 Å². The molecule has 0 aliphatic carbocycles. The molecule has 0 aliphatic rings. The number of fused-ring (bicyclic) bond motifs is 1. The van der Waals surface area contributed by atoms with Gasteiger partial charge in [-0.25, -0.2) is 18.1 Å². The standard InChI is InChI=1S/C25H20N4O3S/c1-33(31,32)27-17-20-5-4-6-21(15-20)29-24(14-13-18-9-11-19(16-26)12-10-18)28-23-8-3-2-7-22(23)25(29)30/h2-15,27H,17H2,1H3/b14-13+. The highest BCUT2D eigenvalue weighted by Gasteiger charge is 2.12. The van der Waals surface area contributed by atoms with E-state index in [9.17, 15) is 13.2 Å². The van der Waals surface area contributed by atoms with Gasteiger partial charge in [-0.05, 0) is 53.6 Å². The van der Waals surface area contributed by atoms with Crippen molar-refractivity contribution >= 4 is 33.1 Å². The molecule has 0 saturated carbocycles. The van der Waals surface area contributed by atoms with Crippen molar-refractivity contribution in [1.82, 2.24) is 14.3 Å². The molecular weight excluding hydrogens is 436 g/mol. The van der Waals surface area contributed by atoms with Crippen molar-refractivity contribution in [2.24, 2.45) is 0 Å². The maximum atomic E-state index is 13.4. The lowest BCUT2D eigenvalue weighted by molar-refractivity contribution is 0.587. The van der Waals surface area contributed by atoms with Gasteiger partial charge in [0.05, 0.1) is 34.5 Å². The van der Waals surface area contributed by atoms with E-state index in [0.29, 0.717) is 33.5 Å². The molecule has 0 fully saturated rings. The fourth-order valence-electron chi connectivity index (χ4n) is 3.37. The van der Waals surface area contributed by atoms with Crippen molar-refractivity contribution in [2.75, 3.05) is 6.26 Å². The first kappa shape index (κ1) is 22.1. The Morgan fingerprint density at radius 2 is 1.79 bits per heavy atom. The van der Waals surface area contributed by atoms with E-state index >= 15 is 0 Å². The lowest BCUT2D eigenvalue weighted by Crippen LogP contribution is -2.23. The van der Waals surface area contributed by atoms with E-state index in [2.05, 4.69) is 15.8 Å². The van der Waals surface area contributed by atoms with E-state index in [1.807, 2.05) is 24.3 Å². The lowest BCUT2D eigenvalue weighted by Gasteiger charge is -2.13. The minimum Gasteiger partial charge on any atom is -0.268 e. The molecule has 4 rings (SSSR count). The molecule has 4 aromatic rings. The third-order valence-electron chi connectivity index (χ3n) is 4.97. The minimum absolute atomic E-state index is 0.110. The van der Waals surface area contributed by atoms with Gasteiger partial charge in [-0.1, -0.05) is 42.5 Å². The zero-order valence-corrected chi connectivity index (χ0v) is 18.6. The summed E-state index contributed by atoms with van der Waals surface area (Å²) in [4.78, 5) is 18.1. The molecule has 33 heavy (non-hydrogen) atoms. The summed E-state index contributed by atoms with van der Waals surface area (Å²) >= 11 is 0. The molecule has 7 nitrogen and oxygen atoms in total. The predicted molar refractivity (Wildman–Crippen MR) is 129 cm³/mol. The van der Waals surface area contributed by atoms with Crippen LogP contribution in [-0.2, 0) is 16.6 Å². The van der Waals surface area contributed by atoms with Crippen LogP contribution in [0.15, 0.2) is 77.6 Å². The van der Waals surface area contributed by atoms with Crippen LogP contribution in [0.25, 0.3) is 28.7 Å². The third-order valence-corrected chi connectivity index (χ3v) is 5.64. The largest absolute Gasteiger partial charge is 0.268 e. The molecule has 1 heterocycles. The van der Waals surface area contributed by atoms with E-state index in [-0.39, 0.29) is 12.1 Å². The van der Waals surface area contributed by atoms with E-state index < -0.39 is 10.0 Å². The van der Waals surface area contributed by atoms with Gasteiger partial charge in [0.1, 0.15) is 5.82 Å². The number of para-hydroxylation sites is 1. The number of nitrogens with one attached hydrogen (secondary N) is 1. The summed E-state index contributed by atoms with van der Waals surface area (Å²) in [5, 5.41) is 9.46. The van der Waals surface area contributed by atoms with Gasteiger partial charge >= 0.3 is 0 Å². The van der Waals surface area contributed by atoms with Crippen molar-refractivity contribution in [2.45, 2.75) is 6.54 Å². The van der Waals surface area contributed by atoms with Crippen molar-refractivity contribution in [3.63, 3.8) is 0 Å². The Kier molecular flexibility index (Phi) is 6.18. The van der Waals surface area contributed by atoms with Crippen LogP contribution in [-0.4, -0.2) is 24.2 Å². The molecule has 0 bridgehead atoms. The Balaban J connectivity index is 1.83. The van der Waals surface area contributed by atoms with Crippen molar-refractivity contribution < 1.29 is 8.42 Å². The number of hydrogen-bond donors (Lipinski definition) is 1. The Bertz CT molecular complexity index is 1560. The molecule has 8 heteroatoms. The van der Waals surface area contributed by atoms with Crippen LogP contribution in [0.2, 0.25) is 0 Å². The second-order valence-electron chi connectivity index (χ2n) is 7.46. The fraction of sp³-hybridized carbons (Fsp3) is 0.0800. The van der Waals surface area contributed by atoms with Gasteiger partial charge in [-0.3, -0.25) is 9.36 Å². The second-order valence-corrected chi connectivity index (χ2v) is 9.29. The monoisotopic (exact) mass is 456 g/mol. The Hall–Kier alpha value is -4.06. The first-order valence-electron chi connectivity index (χ1n) is 10.1. The Morgan fingerprint density at radius 3 is 2.52 bits per heavy atom. The van der Waals surface area contributed by atoms with Crippen molar-refractivity contribution in [3.05, 3.63) is 106 Å². The number of sulfonamides is 1. The normalized spacial score (nSPS) is 11.6. The molecule has 1 N–H and O–H groups in total. The molecule has 164 valence electrons. The van der Waals surface area contributed by atoms with Gasteiger partial charge in [0.2, 0.25) is 10.0 Å². The molecule has 0 spiro atoms. The zero-order valence-electron chi connectivity index (χ0n) is 17.8. The summed E-state index contributed by atoms with van der Waals surface area (Å²) < 4.78 is 26.9. The summed E-state index contributed by atoms with van der Waals surface area (Å²) in [5.41, 5.74) is 3.05. The van der Waals surface area contributed by atoms with Gasteiger partial charge in [0.25, 0.3) is 5.56 Å². The minimum atomic E-state index is -3.35. The van der Waals surface area contributed by atoms with Gasteiger partial charge in [-0.15, -0.1) is 0 Å². The second kappa shape index (κ2) is 9.20. The predicted octanol–water partition coefficient (Wildman–Crippen LogP) is 3.48. The van der Waals surface area contributed by atoms with Gasteiger partial charge in [-0.2, -0.15) is 5.26 Å². The number of nitrogens with zero attached hydrogens (tertiary/aromatic N) is 3. The zero-order chi connectivity index (χ0) is 23.4. The summed E-state index contributed by atoms with van der Waals surface area (Å²) in [6, 6.07) is 23.4. The smallest absolute Gasteiger partial charge is 0.266 e. The van der Waals surface area contributed by atoms with Gasteiger partial charge in [0, 0.05) is 6.54 Å². The van der Waals surface area contributed by atoms with Crippen LogP contribution in [0.3, 0.4) is 0 Å². The summed E-state index contributed by atoms with van der Waals surface area (Å²) in [6.07, 6.45) is 4.67. The average Bonchev–Trinajstić information content (AvgIpc) is 2.81. The summed E-state index contributed by atoms with van der Waals surface area (Å²) in [5.74, 6) is 0.427. The first-order valence-corrected chi connectivity index (χ1v) is 12.0.